The number of amides is 1. The van der Waals surface area contributed by atoms with Crippen LogP contribution in [0.1, 0.15) is 35.8 Å². The predicted octanol–water partition coefficient (Wildman–Crippen LogP) is -0.308. The van der Waals surface area contributed by atoms with Crippen LogP contribution in [0.3, 0.4) is 0 Å². The van der Waals surface area contributed by atoms with Crippen molar-refractivity contribution in [2.24, 2.45) is 5.73 Å². The highest BCUT2D eigenvalue weighted by Crippen LogP contribution is 2.20. The fourth-order valence-electron chi connectivity index (χ4n) is 1.76. The first kappa shape index (κ1) is 17.1. The highest BCUT2D eigenvalue weighted by Gasteiger charge is 2.33. The number of H-pyrrole nitrogens is 1. The number of carboxylic acid groups (broad SMARTS) is 1. The molecule has 118 valence electrons. The molecule has 1 aromatic rings. The van der Waals surface area contributed by atoms with E-state index in [0.717, 1.165) is 4.31 Å². The van der Waals surface area contributed by atoms with E-state index in [2.05, 4.69) is 10.2 Å². The Balaban J connectivity index is 3.28. The van der Waals surface area contributed by atoms with Crippen molar-refractivity contribution < 1.29 is 23.1 Å². The van der Waals surface area contributed by atoms with E-state index in [1.165, 1.54) is 6.92 Å². The Bertz CT molecular complexity index is 637. The molecule has 0 spiro atoms. The Labute approximate surface area is 122 Å². The lowest BCUT2D eigenvalue weighted by Crippen LogP contribution is -2.39. The van der Waals surface area contributed by atoms with E-state index in [-0.39, 0.29) is 12.2 Å². The molecule has 1 amide bonds. The molecule has 21 heavy (non-hydrogen) atoms. The van der Waals surface area contributed by atoms with Crippen LogP contribution in [0.25, 0.3) is 0 Å². The number of hydrogen-bond acceptors (Lipinski definition) is 5. The van der Waals surface area contributed by atoms with Crippen molar-refractivity contribution in [3.05, 3.63) is 11.3 Å². The second kappa shape index (κ2) is 6.68. The van der Waals surface area contributed by atoms with Gasteiger partial charge < -0.3 is 10.8 Å². The number of unbranched alkanes of at least 4 members (excludes halogenated alkanes) is 1. The summed E-state index contributed by atoms with van der Waals surface area (Å²) in [4.78, 5) is 22.2. The van der Waals surface area contributed by atoms with Gasteiger partial charge >= 0.3 is 5.97 Å². The van der Waals surface area contributed by atoms with Gasteiger partial charge in [0.2, 0.25) is 10.9 Å². The molecule has 1 aromatic heterocycles. The molecule has 0 unspecified atom stereocenters. The van der Waals surface area contributed by atoms with Crippen LogP contribution in [0.2, 0.25) is 0 Å². The van der Waals surface area contributed by atoms with E-state index in [1.54, 1.807) is 0 Å². The fourth-order valence-corrected chi connectivity index (χ4v) is 3.33. The van der Waals surface area contributed by atoms with Gasteiger partial charge in [-0.3, -0.25) is 9.89 Å². The van der Waals surface area contributed by atoms with E-state index < -0.39 is 39.0 Å². The molecule has 0 aliphatic carbocycles. The summed E-state index contributed by atoms with van der Waals surface area (Å²) in [5.74, 6) is -2.23. The van der Waals surface area contributed by atoms with Crippen molar-refractivity contribution in [3.8, 4) is 0 Å². The van der Waals surface area contributed by atoms with Crippen LogP contribution in [-0.4, -0.2) is 53.0 Å². The van der Waals surface area contributed by atoms with Crippen LogP contribution >= 0.6 is 0 Å². The maximum Gasteiger partial charge on any atom is 0.340 e. The van der Waals surface area contributed by atoms with Gasteiger partial charge in [-0.2, -0.15) is 9.40 Å². The molecule has 0 saturated carbocycles. The average Bonchev–Trinajstić information content (AvgIpc) is 2.76. The number of hydrogen-bond donors (Lipinski definition) is 3. The van der Waals surface area contributed by atoms with Crippen LogP contribution in [0.5, 0.6) is 0 Å². The Morgan fingerprint density at radius 3 is 2.52 bits per heavy atom. The van der Waals surface area contributed by atoms with E-state index in [1.807, 2.05) is 6.92 Å². The summed E-state index contributed by atoms with van der Waals surface area (Å²) in [6, 6.07) is 0. The summed E-state index contributed by atoms with van der Waals surface area (Å²) in [6.07, 6.45) is 1.22. The monoisotopic (exact) mass is 318 g/mol. The molecule has 4 N–H and O–H groups in total. The number of aromatic amines is 1. The van der Waals surface area contributed by atoms with Crippen LogP contribution < -0.4 is 5.73 Å². The highest BCUT2D eigenvalue weighted by molar-refractivity contribution is 7.89. The van der Waals surface area contributed by atoms with E-state index in [0.29, 0.717) is 12.8 Å². The van der Waals surface area contributed by atoms with Crippen molar-refractivity contribution in [1.82, 2.24) is 14.5 Å². The van der Waals surface area contributed by atoms with Gasteiger partial charge in [-0.25, -0.2) is 13.2 Å². The quantitative estimate of drug-likeness (QED) is 0.599. The molecule has 1 heterocycles. The van der Waals surface area contributed by atoms with Gasteiger partial charge in [0.25, 0.3) is 10.0 Å². The van der Waals surface area contributed by atoms with Gasteiger partial charge in [-0.15, -0.1) is 0 Å². The lowest BCUT2D eigenvalue weighted by atomic mass is 10.3. The molecule has 0 fully saturated rings. The number of aromatic carboxylic acids is 1. The van der Waals surface area contributed by atoms with Gasteiger partial charge in [0.15, 0.2) is 0 Å². The van der Waals surface area contributed by atoms with Crippen molar-refractivity contribution in [2.75, 3.05) is 13.1 Å². The van der Waals surface area contributed by atoms with E-state index in [9.17, 15) is 18.0 Å². The van der Waals surface area contributed by atoms with E-state index in [4.69, 9.17) is 10.8 Å². The molecule has 0 saturated heterocycles. The molecule has 0 atom stereocenters. The number of carbonyl (C=O) groups is 2. The zero-order valence-corrected chi connectivity index (χ0v) is 12.6. The summed E-state index contributed by atoms with van der Waals surface area (Å²) in [5.41, 5.74) is 4.74. The van der Waals surface area contributed by atoms with E-state index >= 15 is 0 Å². The zero-order chi connectivity index (χ0) is 16.2. The van der Waals surface area contributed by atoms with Crippen LogP contribution in [0, 0.1) is 6.92 Å². The Kier molecular flexibility index (Phi) is 5.44. The number of rotatable bonds is 8. The maximum atomic E-state index is 12.5. The van der Waals surface area contributed by atoms with Gasteiger partial charge in [-0.1, -0.05) is 13.3 Å². The zero-order valence-electron chi connectivity index (χ0n) is 11.8. The Morgan fingerprint density at radius 2 is 2.05 bits per heavy atom. The third kappa shape index (κ3) is 3.79. The molecule has 0 radical (unpaired) electrons. The molecular weight excluding hydrogens is 300 g/mol. The summed E-state index contributed by atoms with van der Waals surface area (Å²) in [6.45, 7) is 2.80. The number of sulfonamides is 1. The number of aromatic nitrogens is 2. The van der Waals surface area contributed by atoms with Crippen molar-refractivity contribution in [2.45, 2.75) is 31.7 Å². The first-order valence-electron chi connectivity index (χ1n) is 6.28. The molecule has 0 aliphatic rings. The minimum Gasteiger partial charge on any atom is -0.478 e. The summed E-state index contributed by atoms with van der Waals surface area (Å²) in [5, 5.41) is 14.4. The third-order valence-corrected chi connectivity index (χ3v) is 4.58. The SMILES string of the molecule is CCCCN(CC(N)=O)S(=O)(=O)c1n[nH]c(C)c1C(=O)O. The number of carbonyl (C=O) groups excluding carboxylic acids is 1. The molecule has 9 nitrogen and oxygen atoms in total. The number of primary amides is 1. The topological polar surface area (TPSA) is 146 Å². The second-order valence-electron chi connectivity index (χ2n) is 4.49. The van der Waals surface area contributed by atoms with Gasteiger partial charge in [0, 0.05) is 12.2 Å². The second-order valence-corrected chi connectivity index (χ2v) is 6.35. The van der Waals surface area contributed by atoms with Crippen molar-refractivity contribution in [1.29, 1.82) is 0 Å². The minimum absolute atomic E-state index is 0.0622. The Hall–Kier alpha value is -1.94. The summed E-state index contributed by atoms with van der Waals surface area (Å²) < 4.78 is 25.8. The summed E-state index contributed by atoms with van der Waals surface area (Å²) in [7, 11) is -4.21. The van der Waals surface area contributed by atoms with Gasteiger partial charge in [-0.05, 0) is 13.3 Å². The molecule has 0 aromatic carbocycles. The number of aryl methyl sites for hydroxylation is 1. The minimum atomic E-state index is -4.21. The maximum absolute atomic E-state index is 12.5. The lowest BCUT2D eigenvalue weighted by Gasteiger charge is -2.19. The molecular formula is C11H18N4O5S. The fraction of sp³-hybridized carbons (Fsp3) is 0.545. The number of carboxylic acids is 1. The molecule has 1 rings (SSSR count). The first-order chi connectivity index (χ1) is 9.71. The average molecular weight is 318 g/mol. The van der Waals surface area contributed by atoms with Crippen LogP contribution in [0.15, 0.2) is 5.03 Å². The Morgan fingerprint density at radius 1 is 1.43 bits per heavy atom. The highest BCUT2D eigenvalue weighted by atomic mass is 32.2. The molecule has 0 aliphatic heterocycles. The third-order valence-electron chi connectivity index (χ3n) is 2.81. The predicted molar refractivity (Wildman–Crippen MR) is 73.1 cm³/mol. The number of nitrogens with two attached hydrogens (primary N) is 1. The lowest BCUT2D eigenvalue weighted by molar-refractivity contribution is -0.118. The smallest absolute Gasteiger partial charge is 0.340 e. The first-order valence-corrected chi connectivity index (χ1v) is 7.72. The number of nitrogens with one attached hydrogen (secondary N) is 1. The van der Waals surface area contributed by atoms with Crippen molar-refractivity contribution in [3.63, 3.8) is 0 Å². The normalized spacial score (nSPS) is 11.8. The van der Waals surface area contributed by atoms with Gasteiger partial charge in [0.05, 0.1) is 6.54 Å². The molecule has 0 bridgehead atoms. The van der Waals surface area contributed by atoms with Crippen LogP contribution in [-0.2, 0) is 14.8 Å². The standard InChI is InChI=1S/C11H18N4O5S/c1-3-4-5-15(6-8(12)16)21(19,20)10-9(11(17)18)7(2)13-14-10/h3-6H2,1-2H3,(H2,12,16)(H,13,14)(H,17,18). The molecule has 10 heteroatoms. The largest absolute Gasteiger partial charge is 0.478 e. The van der Waals surface area contributed by atoms with Gasteiger partial charge in [0.1, 0.15) is 5.56 Å². The number of nitrogens with zero attached hydrogens (tertiary/aromatic N) is 2. The van der Waals surface area contributed by atoms with Crippen molar-refractivity contribution >= 4 is 21.9 Å². The summed E-state index contributed by atoms with van der Waals surface area (Å²) >= 11 is 0. The van der Waals surface area contributed by atoms with Crippen LogP contribution in [0.4, 0.5) is 0 Å².